The molecule has 0 spiro atoms. The van der Waals surface area contributed by atoms with Crippen LogP contribution in [0.15, 0.2) is 0 Å². The molecule has 0 aliphatic carbocycles. The van der Waals surface area contributed by atoms with E-state index in [0.29, 0.717) is 0 Å². The van der Waals surface area contributed by atoms with Crippen molar-refractivity contribution in [1.29, 1.82) is 0 Å². The Kier molecular flexibility index (Phi) is 4.35. The first-order chi connectivity index (χ1) is 4.27. The molecule has 0 amide bonds. The van der Waals surface area contributed by atoms with Crippen molar-refractivity contribution in [3.05, 3.63) is 0 Å². The molecular weight excluding hydrogens is 213 g/mol. The van der Waals surface area contributed by atoms with E-state index in [0.717, 1.165) is 13.1 Å². The standard InChI is InChI=1S/C7H10BrN.ClH/c1-7(2-4-8)3-5-9-6-7;/h9H,3,5-6H2,1H3;1H. The Morgan fingerprint density at radius 3 is 2.70 bits per heavy atom. The van der Waals surface area contributed by atoms with Gasteiger partial charge in [0.05, 0.1) is 0 Å². The zero-order valence-corrected chi connectivity index (χ0v) is 8.31. The topological polar surface area (TPSA) is 12.0 Å². The molecular formula is C7H11BrClN. The normalized spacial score (nSPS) is 30.2. The van der Waals surface area contributed by atoms with Gasteiger partial charge in [0.15, 0.2) is 0 Å². The summed E-state index contributed by atoms with van der Waals surface area (Å²) in [5.74, 6) is 3.12. The molecule has 0 aromatic carbocycles. The Morgan fingerprint density at radius 2 is 2.30 bits per heavy atom. The van der Waals surface area contributed by atoms with Gasteiger partial charge in [-0.1, -0.05) is 5.92 Å². The quantitative estimate of drug-likeness (QED) is 0.619. The Hall–Kier alpha value is 0.290. The number of hydrogen-bond donors (Lipinski definition) is 1. The molecule has 1 atom stereocenters. The second kappa shape index (κ2) is 4.23. The summed E-state index contributed by atoms with van der Waals surface area (Å²) in [5.41, 5.74) is 0.226. The summed E-state index contributed by atoms with van der Waals surface area (Å²) >= 11 is 3.11. The highest BCUT2D eigenvalue weighted by Gasteiger charge is 2.25. The molecule has 58 valence electrons. The highest BCUT2D eigenvalue weighted by atomic mass is 79.9. The van der Waals surface area contributed by atoms with Crippen molar-refractivity contribution in [2.75, 3.05) is 13.1 Å². The first kappa shape index (κ1) is 10.3. The van der Waals surface area contributed by atoms with Crippen LogP contribution in [0.4, 0.5) is 0 Å². The van der Waals surface area contributed by atoms with Crippen molar-refractivity contribution in [3.63, 3.8) is 0 Å². The first-order valence-corrected chi connectivity index (χ1v) is 3.90. The average Bonchev–Trinajstić information content (AvgIpc) is 2.16. The lowest BCUT2D eigenvalue weighted by Crippen LogP contribution is -2.17. The van der Waals surface area contributed by atoms with Crippen molar-refractivity contribution in [1.82, 2.24) is 5.32 Å². The second-order valence-electron chi connectivity index (χ2n) is 2.71. The van der Waals surface area contributed by atoms with Gasteiger partial charge >= 0.3 is 0 Å². The third-order valence-corrected chi connectivity index (χ3v) is 1.92. The monoisotopic (exact) mass is 223 g/mol. The molecule has 1 N–H and O–H groups in total. The second-order valence-corrected chi connectivity index (χ2v) is 3.10. The molecule has 1 fully saturated rings. The molecule has 0 saturated carbocycles. The number of nitrogens with one attached hydrogen (secondary N) is 1. The van der Waals surface area contributed by atoms with E-state index in [4.69, 9.17) is 0 Å². The van der Waals surface area contributed by atoms with Gasteiger partial charge in [0.1, 0.15) is 0 Å². The molecule has 1 rings (SSSR count). The van der Waals surface area contributed by atoms with Gasteiger partial charge in [-0.15, -0.1) is 12.4 Å². The predicted octanol–water partition coefficient (Wildman–Crippen LogP) is 1.76. The lowest BCUT2D eigenvalue weighted by molar-refractivity contribution is 0.504. The summed E-state index contributed by atoms with van der Waals surface area (Å²) in [7, 11) is 0. The number of hydrogen-bond acceptors (Lipinski definition) is 1. The first-order valence-electron chi connectivity index (χ1n) is 3.10. The highest BCUT2D eigenvalue weighted by molar-refractivity contribution is 9.12. The van der Waals surface area contributed by atoms with E-state index in [1.165, 1.54) is 6.42 Å². The molecule has 10 heavy (non-hydrogen) atoms. The minimum Gasteiger partial charge on any atom is -0.315 e. The summed E-state index contributed by atoms with van der Waals surface area (Å²) in [6.07, 6.45) is 1.17. The largest absolute Gasteiger partial charge is 0.315 e. The van der Waals surface area contributed by atoms with Gasteiger partial charge in [0.2, 0.25) is 0 Å². The van der Waals surface area contributed by atoms with Gasteiger partial charge in [-0.3, -0.25) is 0 Å². The van der Waals surface area contributed by atoms with E-state index in [1.807, 2.05) is 0 Å². The lowest BCUT2D eigenvalue weighted by atomic mass is 9.91. The lowest BCUT2D eigenvalue weighted by Gasteiger charge is -2.12. The Morgan fingerprint density at radius 1 is 1.60 bits per heavy atom. The van der Waals surface area contributed by atoms with Crippen LogP contribution in [0.5, 0.6) is 0 Å². The molecule has 1 heterocycles. The van der Waals surface area contributed by atoms with Gasteiger partial charge in [-0.05, 0) is 24.7 Å². The van der Waals surface area contributed by atoms with Crippen molar-refractivity contribution in [2.45, 2.75) is 13.3 Å². The van der Waals surface area contributed by atoms with Crippen LogP contribution in [0.2, 0.25) is 0 Å². The smallest absolute Gasteiger partial charge is 0.0431 e. The molecule has 1 saturated heterocycles. The summed E-state index contributed by atoms with van der Waals surface area (Å²) in [5, 5.41) is 3.27. The summed E-state index contributed by atoms with van der Waals surface area (Å²) in [6, 6.07) is 0. The molecule has 0 bridgehead atoms. The fourth-order valence-electron chi connectivity index (χ4n) is 1.04. The van der Waals surface area contributed by atoms with E-state index in [9.17, 15) is 0 Å². The van der Waals surface area contributed by atoms with Gasteiger partial charge in [-0.25, -0.2) is 0 Å². The van der Waals surface area contributed by atoms with Gasteiger partial charge in [0, 0.05) is 27.9 Å². The molecule has 0 aromatic heterocycles. The summed E-state index contributed by atoms with van der Waals surface area (Å²) in [6.45, 7) is 4.32. The van der Waals surface area contributed by atoms with Crippen molar-refractivity contribution >= 4 is 28.3 Å². The maximum absolute atomic E-state index is 3.27. The Balaban J connectivity index is 0.000000810. The van der Waals surface area contributed by atoms with Gasteiger partial charge < -0.3 is 5.32 Å². The minimum atomic E-state index is 0. The van der Waals surface area contributed by atoms with Crippen LogP contribution in [-0.2, 0) is 0 Å². The highest BCUT2D eigenvalue weighted by Crippen LogP contribution is 2.22. The van der Waals surface area contributed by atoms with Gasteiger partial charge in [-0.2, -0.15) is 0 Å². The molecule has 1 aliphatic heterocycles. The van der Waals surface area contributed by atoms with Crippen molar-refractivity contribution in [3.8, 4) is 10.8 Å². The maximum atomic E-state index is 3.27. The Bertz CT molecular complexity index is 153. The van der Waals surface area contributed by atoms with Crippen LogP contribution in [0.3, 0.4) is 0 Å². The molecule has 1 unspecified atom stereocenters. The van der Waals surface area contributed by atoms with Crippen LogP contribution in [0, 0.1) is 16.2 Å². The van der Waals surface area contributed by atoms with Crippen LogP contribution >= 0.6 is 28.3 Å². The Labute approximate surface area is 76.5 Å². The fourth-order valence-corrected chi connectivity index (χ4v) is 1.52. The SMILES string of the molecule is CC1(C#CBr)CCNC1.Cl. The molecule has 0 aromatic rings. The number of rotatable bonds is 0. The van der Waals surface area contributed by atoms with Gasteiger partial charge in [0.25, 0.3) is 0 Å². The average molecular weight is 225 g/mol. The summed E-state index contributed by atoms with van der Waals surface area (Å²) in [4.78, 5) is 2.77. The van der Waals surface area contributed by atoms with E-state index in [-0.39, 0.29) is 17.8 Å². The van der Waals surface area contributed by atoms with Crippen LogP contribution in [0.1, 0.15) is 13.3 Å². The van der Waals surface area contributed by atoms with E-state index < -0.39 is 0 Å². The molecule has 0 radical (unpaired) electrons. The fraction of sp³-hybridized carbons (Fsp3) is 0.714. The van der Waals surface area contributed by atoms with Crippen LogP contribution in [0.25, 0.3) is 0 Å². The van der Waals surface area contributed by atoms with E-state index in [1.54, 1.807) is 0 Å². The van der Waals surface area contributed by atoms with E-state index >= 15 is 0 Å². The zero-order chi connectivity index (χ0) is 6.74. The minimum absolute atomic E-state index is 0. The van der Waals surface area contributed by atoms with Crippen molar-refractivity contribution < 1.29 is 0 Å². The van der Waals surface area contributed by atoms with E-state index in [2.05, 4.69) is 38.9 Å². The van der Waals surface area contributed by atoms with Crippen LogP contribution in [-0.4, -0.2) is 13.1 Å². The number of halogens is 2. The van der Waals surface area contributed by atoms with Crippen LogP contribution < -0.4 is 5.32 Å². The third-order valence-electron chi connectivity index (χ3n) is 1.72. The predicted molar refractivity (Wildman–Crippen MR) is 49.5 cm³/mol. The third kappa shape index (κ3) is 2.49. The van der Waals surface area contributed by atoms with Crippen molar-refractivity contribution in [2.24, 2.45) is 5.41 Å². The summed E-state index contributed by atoms with van der Waals surface area (Å²) < 4.78 is 0. The maximum Gasteiger partial charge on any atom is 0.0431 e. The zero-order valence-electron chi connectivity index (χ0n) is 5.91. The molecule has 1 aliphatic rings. The molecule has 1 nitrogen and oxygen atoms in total. The molecule has 3 heteroatoms.